The first-order chi connectivity index (χ1) is 11.4. The van der Waals surface area contributed by atoms with Crippen molar-refractivity contribution in [3.63, 3.8) is 0 Å². The van der Waals surface area contributed by atoms with Gasteiger partial charge in [-0.15, -0.1) is 0 Å². The van der Waals surface area contributed by atoms with Crippen molar-refractivity contribution in [3.8, 4) is 0 Å². The molecule has 0 atom stereocenters. The van der Waals surface area contributed by atoms with Crippen molar-refractivity contribution in [1.82, 2.24) is 10.1 Å². The van der Waals surface area contributed by atoms with E-state index in [1.54, 1.807) is 37.3 Å². The van der Waals surface area contributed by atoms with Crippen LogP contribution >= 0.6 is 0 Å². The molecule has 0 saturated carbocycles. The number of likely N-dealkylation sites (tertiary alicyclic amines) is 1. The number of rotatable bonds is 5. The first kappa shape index (κ1) is 16.7. The second-order valence-corrected chi connectivity index (χ2v) is 8.23. The van der Waals surface area contributed by atoms with E-state index >= 15 is 0 Å². The van der Waals surface area contributed by atoms with E-state index in [1.807, 2.05) is 4.90 Å². The highest BCUT2D eigenvalue weighted by atomic mass is 32.2. The van der Waals surface area contributed by atoms with Crippen LogP contribution in [0.1, 0.15) is 40.2 Å². The molecular weight excluding hydrogens is 328 g/mol. The summed E-state index contributed by atoms with van der Waals surface area (Å²) in [6, 6.07) is 8.42. The van der Waals surface area contributed by atoms with E-state index in [2.05, 4.69) is 5.16 Å². The largest absolute Gasteiger partial charge is 0.360 e. The van der Waals surface area contributed by atoms with Crippen molar-refractivity contribution in [1.29, 1.82) is 0 Å². The summed E-state index contributed by atoms with van der Waals surface area (Å²) in [5.41, 5.74) is 1.91. The zero-order valence-electron chi connectivity index (χ0n) is 13.6. The highest BCUT2D eigenvalue weighted by molar-refractivity contribution is 7.89. The van der Waals surface area contributed by atoms with Gasteiger partial charge in [0.2, 0.25) is 0 Å². The van der Waals surface area contributed by atoms with Gasteiger partial charge in [0.1, 0.15) is 5.75 Å². The Morgan fingerprint density at radius 2 is 1.83 bits per heavy atom. The molecule has 0 aliphatic carbocycles. The molecule has 1 amide bonds. The third-order valence-electron chi connectivity index (χ3n) is 4.02. The van der Waals surface area contributed by atoms with E-state index in [0.29, 0.717) is 22.6 Å². The predicted octanol–water partition coefficient (Wildman–Crippen LogP) is 2.33. The van der Waals surface area contributed by atoms with Gasteiger partial charge in [-0.1, -0.05) is 17.3 Å². The second kappa shape index (κ2) is 6.76. The summed E-state index contributed by atoms with van der Waals surface area (Å²) in [4.78, 5) is 14.1. The van der Waals surface area contributed by atoms with Crippen LogP contribution in [-0.4, -0.2) is 37.5 Å². The zero-order chi connectivity index (χ0) is 17.2. The van der Waals surface area contributed by atoms with Crippen molar-refractivity contribution in [2.75, 3.05) is 13.1 Å². The summed E-state index contributed by atoms with van der Waals surface area (Å²) >= 11 is 0. The average Bonchev–Trinajstić information content (AvgIpc) is 3.18. The average molecular weight is 348 g/mol. The van der Waals surface area contributed by atoms with Gasteiger partial charge in [-0.3, -0.25) is 4.79 Å². The highest BCUT2D eigenvalue weighted by Crippen LogP contribution is 2.16. The van der Waals surface area contributed by atoms with E-state index in [-0.39, 0.29) is 17.4 Å². The maximum atomic E-state index is 12.3. The molecule has 1 aromatic heterocycles. The van der Waals surface area contributed by atoms with Crippen LogP contribution in [0.3, 0.4) is 0 Å². The van der Waals surface area contributed by atoms with Crippen molar-refractivity contribution in [2.45, 2.75) is 31.3 Å². The molecule has 1 aliphatic rings. The molecule has 0 bridgehead atoms. The van der Waals surface area contributed by atoms with Gasteiger partial charge in [0.15, 0.2) is 15.6 Å². The summed E-state index contributed by atoms with van der Waals surface area (Å²) in [5.74, 6) is 0.0834. The fourth-order valence-corrected chi connectivity index (χ4v) is 4.22. The maximum Gasteiger partial charge on any atom is 0.253 e. The van der Waals surface area contributed by atoms with E-state index < -0.39 is 9.84 Å². The van der Waals surface area contributed by atoms with Gasteiger partial charge < -0.3 is 9.42 Å². The van der Waals surface area contributed by atoms with Crippen LogP contribution in [-0.2, 0) is 21.3 Å². The SMILES string of the molecule is Cc1cc(CS(=O)(=O)Cc2ccc(C(=O)N3CCCC3)cc2)on1. The lowest BCUT2D eigenvalue weighted by Crippen LogP contribution is -2.27. The first-order valence-electron chi connectivity index (χ1n) is 7.94. The number of nitrogens with zero attached hydrogens (tertiary/aromatic N) is 2. The van der Waals surface area contributed by atoms with Crippen molar-refractivity contribution < 1.29 is 17.7 Å². The normalized spacial score (nSPS) is 15.0. The molecule has 3 rings (SSSR count). The van der Waals surface area contributed by atoms with E-state index in [4.69, 9.17) is 4.52 Å². The second-order valence-electron chi connectivity index (χ2n) is 6.16. The molecule has 7 heteroatoms. The smallest absolute Gasteiger partial charge is 0.253 e. The van der Waals surface area contributed by atoms with Gasteiger partial charge >= 0.3 is 0 Å². The Kier molecular flexibility index (Phi) is 4.71. The molecule has 6 nitrogen and oxygen atoms in total. The number of benzene rings is 1. The van der Waals surface area contributed by atoms with Gasteiger partial charge in [0.25, 0.3) is 5.91 Å². The summed E-state index contributed by atoms with van der Waals surface area (Å²) in [5, 5.41) is 3.69. The molecule has 0 spiro atoms. The molecule has 0 unspecified atom stereocenters. The number of aromatic nitrogens is 1. The lowest BCUT2D eigenvalue weighted by atomic mass is 10.1. The number of hydrogen-bond donors (Lipinski definition) is 0. The number of carbonyl (C=O) groups excluding carboxylic acids is 1. The monoisotopic (exact) mass is 348 g/mol. The minimum absolute atomic E-state index is 0.0130. The molecule has 1 aromatic carbocycles. The molecule has 0 radical (unpaired) electrons. The molecule has 2 aromatic rings. The van der Waals surface area contributed by atoms with Crippen LogP contribution < -0.4 is 0 Å². The summed E-state index contributed by atoms with van der Waals surface area (Å²) in [6.45, 7) is 3.34. The van der Waals surface area contributed by atoms with E-state index in [9.17, 15) is 13.2 Å². The van der Waals surface area contributed by atoms with Crippen LogP contribution in [0.15, 0.2) is 34.9 Å². The van der Waals surface area contributed by atoms with Crippen LogP contribution in [0.2, 0.25) is 0 Å². The Hall–Kier alpha value is -2.15. The van der Waals surface area contributed by atoms with Gasteiger partial charge in [0.05, 0.1) is 11.4 Å². The molecule has 1 aliphatic heterocycles. The predicted molar refractivity (Wildman–Crippen MR) is 89.1 cm³/mol. The van der Waals surface area contributed by atoms with Crippen molar-refractivity contribution in [2.24, 2.45) is 0 Å². The van der Waals surface area contributed by atoms with Gasteiger partial charge in [-0.2, -0.15) is 0 Å². The summed E-state index contributed by atoms with van der Waals surface area (Å²) in [6.07, 6.45) is 2.09. The van der Waals surface area contributed by atoms with Gasteiger partial charge in [0, 0.05) is 24.7 Å². The minimum Gasteiger partial charge on any atom is -0.360 e. The third kappa shape index (κ3) is 4.03. The fraction of sp³-hybridized carbons (Fsp3) is 0.412. The van der Waals surface area contributed by atoms with Gasteiger partial charge in [-0.05, 0) is 37.5 Å². The van der Waals surface area contributed by atoms with Crippen LogP contribution in [0, 0.1) is 6.92 Å². The summed E-state index contributed by atoms with van der Waals surface area (Å²) in [7, 11) is -3.35. The number of aryl methyl sites for hydroxylation is 1. The molecule has 0 N–H and O–H groups in total. The molecule has 128 valence electrons. The Morgan fingerprint density at radius 3 is 2.42 bits per heavy atom. The standard InChI is InChI=1S/C17H20N2O4S/c1-13-10-16(23-18-13)12-24(21,22)11-14-4-6-15(7-5-14)17(20)19-8-2-3-9-19/h4-7,10H,2-3,8-9,11-12H2,1H3. The number of carbonyl (C=O) groups is 1. The van der Waals surface area contributed by atoms with Crippen molar-refractivity contribution in [3.05, 3.63) is 52.9 Å². The number of sulfone groups is 1. The number of amides is 1. The fourth-order valence-electron chi connectivity index (χ4n) is 2.85. The minimum atomic E-state index is -3.35. The molecule has 24 heavy (non-hydrogen) atoms. The molecule has 2 heterocycles. The van der Waals surface area contributed by atoms with E-state index in [0.717, 1.165) is 25.9 Å². The number of hydrogen-bond acceptors (Lipinski definition) is 5. The zero-order valence-corrected chi connectivity index (χ0v) is 14.4. The molecular formula is C17H20N2O4S. The summed E-state index contributed by atoms with van der Waals surface area (Å²) < 4.78 is 29.5. The van der Waals surface area contributed by atoms with Crippen LogP contribution in [0.25, 0.3) is 0 Å². The highest BCUT2D eigenvalue weighted by Gasteiger charge is 2.20. The lowest BCUT2D eigenvalue weighted by Gasteiger charge is -2.15. The quantitative estimate of drug-likeness (QED) is 0.828. The molecule has 1 fully saturated rings. The first-order valence-corrected chi connectivity index (χ1v) is 9.76. The Labute approximate surface area is 141 Å². The lowest BCUT2D eigenvalue weighted by molar-refractivity contribution is 0.0793. The van der Waals surface area contributed by atoms with Crippen LogP contribution in [0.5, 0.6) is 0 Å². The Morgan fingerprint density at radius 1 is 1.17 bits per heavy atom. The third-order valence-corrected chi connectivity index (χ3v) is 5.52. The van der Waals surface area contributed by atoms with E-state index in [1.165, 1.54) is 0 Å². The maximum absolute atomic E-state index is 12.3. The topological polar surface area (TPSA) is 80.5 Å². The Bertz CT molecular complexity index is 819. The van der Waals surface area contributed by atoms with Crippen molar-refractivity contribution >= 4 is 15.7 Å². The molecule has 1 saturated heterocycles. The van der Waals surface area contributed by atoms with Crippen LogP contribution in [0.4, 0.5) is 0 Å². The van der Waals surface area contributed by atoms with Gasteiger partial charge in [-0.25, -0.2) is 8.42 Å². The Balaban J connectivity index is 1.65.